The molecule has 4 aromatic rings. The predicted molar refractivity (Wildman–Crippen MR) is 88.1 cm³/mol. The SMILES string of the molecule is Cc1c(-c2ccccc2)sc2nc(-c3ccco3)[nH]c(=O)c12. The molecular weight excluding hydrogens is 296 g/mol. The number of aromatic amines is 1. The molecule has 0 saturated carbocycles. The van der Waals surface area contributed by atoms with Crippen LogP contribution in [0.1, 0.15) is 5.56 Å². The molecule has 0 fully saturated rings. The number of nitrogens with zero attached hydrogens (tertiary/aromatic N) is 1. The average Bonchev–Trinajstić information content (AvgIpc) is 3.16. The van der Waals surface area contributed by atoms with Crippen LogP contribution in [0.3, 0.4) is 0 Å². The molecule has 22 heavy (non-hydrogen) atoms. The molecule has 1 N–H and O–H groups in total. The third-order valence-corrected chi connectivity index (χ3v) is 4.83. The maximum atomic E-state index is 12.4. The molecule has 0 aliphatic carbocycles. The van der Waals surface area contributed by atoms with E-state index in [4.69, 9.17) is 4.42 Å². The highest BCUT2D eigenvalue weighted by Gasteiger charge is 2.16. The Morgan fingerprint density at radius 1 is 1.14 bits per heavy atom. The summed E-state index contributed by atoms with van der Waals surface area (Å²) in [5, 5.41) is 0.652. The van der Waals surface area contributed by atoms with E-state index >= 15 is 0 Å². The molecule has 0 aliphatic heterocycles. The number of aromatic nitrogens is 2. The van der Waals surface area contributed by atoms with Gasteiger partial charge < -0.3 is 9.40 Å². The maximum Gasteiger partial charge on any atom is 0.260 e. The minimum absolute atomic E-state index is 0.132. The Kier molecular flexibility index (Phi) is 2.94. The summed E-state index contributed by atoms with van der Waals surface area (Å²) in [5.41, 5.74) is 1.93. The lowest BCUT2D eigenvalue weighted by atomic mass is 10.1. The lowest BCUT2D eigenvalue weighted by molar-refractivity contribution is 0.577. The van der Waals surface area contributed by atoms with Gasteiger partial charge in [0.05, 0.1) is 11.6 Å². The fourth-order valence-electron chi connectivity index (χ4n) is 2.54. The van der Waals surface area contributed by atoms with Crippen LogP contribution in [0.5, 0.6) is 0 Å². The van der Waals surface area contributed by atoms with Gasteiger partial charge in [0.15, 0.2) is 11.6 Å². The van der Waals surface area contributed by atoms with Crippen molar-refractivity contribution >= 4 is 21.6 Å². The van der Waals surface area contributed by atoms with Crippen LogP contribution in [0.25, 0.3) is 32.2 Å². The second kappa shape index (κ2) is 4.96. The number of benzene rings is 1. The minimum atomic E-state index is -0.132. The van der Waals surface area contributed by atoms with Crippen LogP contribution in [0.2, 0.25) is 0 Å². The van der Waals surface area contributed by atoms with Gasteiger partial charge in [0.1, 0.15) is 4.83 Å². The maximum absolute atomic E-state index is 12.4. The molecule has 4 nitrogen and oxygen atoms in total. The van der Waals surface area contributed by atoms with Crippen molar-refractivity contribution in [3.05, 3.63) is 64.6 Å². The number of rotatable bonds is 2. The molecule has 3 heterocycles. The van der Waals surface area contributed by atoms with E-state index in [1.54, 1.807) is 18.4 Å². The van der Waals surface area contributed by atoms with E-state index in [2.05, 4.69) is 9.97 Å². The van der Waals surface area contributed by atoms with E-state index in [9.17, 15) is 4.79 Å². The Morgan fingerprint density at radius 2 is 1.95 bits per heavy atom. The monoisotopic (exact) mass is 308 g/mol. The van der Waals surface area contributed by atoms with E-state index in [1.807, 2.05) is 37.3 Å². The molecule has 0 unspecified atom stereocenters. The zero-order valence-electron chi connectivity index (χ0n) is 11.8. The number of hydrogen-bond donors (Lipinski definition) is 1. The fraction of sp³-hybridized carbons (Fsp3) is 0.0588. The van der Waals surface area contributed by atoms with Gasteiger partial charge in [0.2, 0.25) is 0 Å². The molecule has 4 rings (SSSR count). The number of nitrogens with one attached hydrogen (secondary N) is 1. The summed E-state index contributed by atoms with van der Waals surface area (Å²) < 4.78 is 5.32. The van der Waals surface area contributed by atoms with Gasteiger partial charge in [-0.25, -0.2) is 4.98 Å². The summed E-state index contributed by atoms with van der Waals surface area (Å²) in [6.45, 7) is 1.96. The Hall–Kier alpha value is -2.66. The number of thiophene rings is 1. The summed E-state index contributed by atoms with van der Waals surface area (Å²) in [5.74, 6) is 1.02. The summed E-state index contributed by atoms with van der Waals surface area (Å²) in [7, 11) is 0. The summed E-state index contributed by atoms with van der Waals surface area (Å²) in [6.07, 6.45) is 1.56. The number of furan rings is 1. The molecule has 3 aromatic heterocycles. The van der Waals surface area contributed by atoms with Crippen molar-refractivity contribution in [3.63, 3.8) is 0 Å². The van der Waals surface area contributed by atoms with Gasteiger partial charge >= 0.3 is 0 Å². The standard InChI is InChI=1S/C17H12N2O2S/c1-10-13-16(20)18-15(12-8-5-9-21-12)19-17(13)22-14(10)11-6-3-2-4-7-11/h2-9H,1H3,(H,18,19,20). The molecule has 0 amide bonds. The lowest BCUT2D eigenvalue weighted by Crippen LogP contribution is -2.08. The van der Waals surface area contributed by atoms with Crippen LogP contribution in [-0.4, -0.2) is 9.97 Å². The topological polar surface area (TPSA) is 58.9 Å². The summed E-state index contributed by atoms with van der Waals surface area (Å²) in [6, 6.07) is 13.6. The van der Waals surface area contributed by atoms with Gasteiger partial charge in [-0.1, -0.05) is 30.3 Å². The first kappa shape index (κ1) is 13.0. The van der Waals surface area contributed by atoms with Gasteiger partial charge in [-0.05, 0) is 30.2 Å². The van der Waals surface area contributed by atoms with Crippen molar-refractivity contribution in [2.45, 2.75) is 6.92 Å². The van der Waals surface area contributed by atoms with Crippen LogP contribution in [0.4, 0.5) is 0 Å². The molecule has 0 saturated heterocycles. The van der Waals surface area contributed by atoms with Crippen LogP contribution in [-0.2, 0) is 0 Å². The Morgan fingerprint density at radius 3 is 2.68 bits per heavy atom. The first-order chi connectivity index (χ1) is 10.7. The van der Waals surface area contributed by atoms with E-state index < -0.39 is 0 Å². The zero-order chi connectivity index (χ0) is 15.1. The number of aryl methyl sites for hydroxylation is 1. The van der Waals surface area contributed by atoms with Crippen molar-refractivity contribution in [1.29, 1.82) is 0 Å². The van der Waals surface area contributed by atoms with Crippen LogP contribution >= 0.6 is 11.3 Å². The normalized spacial score (nSPS) is 11.1. The summed E-state index contributed by atoms with van der Waals surface area (Å²) >= 11 is 1.53. The quantitative estimate of drug-likeness (QED) is 0.603. The minimum Gasteiger partial charge on any atom is -0.461 e. The predicted octanol–water partition coefficient (Wildman–Crippen LogP) is 4.22. The molecular formula is C17H12N2O2S. The second-order valence-corrected chi connectivity index (χ2v) is 5.99. The number of fused-ring (bicyclic) bond motifs is 1. The number of hydrogen-bond acceptors (Lipinski definition) is 4. The van der Waals surface area contributed by atoms with Crippen molar-refractivity contribution in [2.75, 3.05) is 0 Å². The van der Waals surface area contributed by atoms with Crippen LogP contribution < -0.4 is 5.56 Å². The van der Waals surface area contributed by atoms with Gasteiger partial charge in [0.25, 0.3) is 5.56 Å². The van der Waals surface area contributed by atoms with Crippen molar-refractivity contribution in [3.8, 4) is 22.0 Å². The van der Waals surface area contributed by atoms with Gasteiger partial charge in [-0.15, -0.1) is 11.3 Å². The third kappa shape index (κ3) is 1.98. The first-order valence-electron chi connectivity index (χ1n) is 6.87. The molecule has 0 spiro atoms. The highest BCUT2D eigenvalue weighted by Crippen LogP contribution is 2.36. The second-order valence-electron chi connectivity index (χ2n) is 4.99. The van der Waals surface area contributed by atoms with Crippen molar-refractivity contribution < 1.29 is 4.42 Å². The van der Waals surface area contributed by atoms with Crippen molar-refractivity contribution in [2.24, 2.45) is 0 Å². The summed E-state index contributed by atoms with van der Waals surface area (Å²) in [4.78, 5) is 21.6. The highest BCUT2D eigenvalue weighted by molar-refractivity contribution is 7.22. The fourth-order valence-corrected chi connectivity index (χ4v) is 3.73. The van der Waals surface area contributed by atoms with E-state index in [-0.39, 0.29) is 5.56 Å². The Balaban J connectivity index is 1.98. The molecule has 0 aliphatic rings. The highest BCUT2D eigenvalue weighted by atomic mass is 32.1. The van der Waals surface area contributed by atoms with Gasteiger partial charge in [-0.2, -0.15) is 0 Å². The van der Waals surface area contributed by atoms with Crippen LogP contribution in [0, 0.1) is 6.92 Å². The third-order valence-electron chi connectivity index (χ3n) is 3.59. The van der Waals surface area contributed by atoms with Crippen LogP contribution in [0.15, 0.2) is 57.9 Å². The smallest absolute Gasteiger partial charge is 0.260 e. The Labute approximate surface area is 130 Å². The average molecular weight is 308 g/mol. The van der Waals surface area contributed by atoms with E-state index in [0.717, 1.165) is 20.8 Å². The molecule has 108 valence electrons. The first-order valence-corrected chi connectivity index (χ1v) is 7.68. The van der Waals surface area contributed by atoms with Gasteiger partial charge in [-0.3, -0.25) is 4.79 Å². The van der Waals surface area contributed by atoms with Gasteiger partial charge in [0, 0.05) is 4.88 Å². The number of H-pyrrole nitrogens is 1. The molecule has 0 atom stereocenters. The van der Waals surface area contributed by atoms with E-state index in [1.165, 1.54) is 11.3 Å². The Bertz CT molecular complexity index is 999. The van der Waals surface area contributed by atoms with Crippen molar-refractivity contribution in [1.82, 2.24) is 9.97 Å². The molecule has 5 heteroatoms. The van der Waals surface area contributed by atoms with E-state index in [0.29, 0.717) is 17.0 Å². The largest absolute Gasteiger partial charge is 0.461 e. The molecule has 0 bridgehead atoms. The molecule has 1 aromatic carbocycles. The zero-order valence-corrected chi connectivity index (χ0v) is 12.6. The molecule has 0 radical (unpaired) electrons. The lowest BCUT2D eigenvalue weighted by Gasteiger charge is -1.98.